The number of esters is 1. The Labute approximate surface area is 166 Å². The number of carbonyl (C=O) groups excluding carboxylic acids is 2. The van der Waals surface area contributed by atoms with Gasteiger partial charge in [-0.3, -0.25) is 4.79 Å². The highest BCUT2D eigenvalue weighted by Crippen LogP contribution is 2.29. The lowest BCUT2D eigenvalue weighted by molar-refractivity contribution is -0.119. The summed E-state index contributed by atoms with van der Waals surface area (Å²) >= 11 is 5.85. The molecule has 3 aromatic rings. The van der Waals surface area contributed by atoms with Crippen molar-refractivity contribution in [2.45, 2.75) is 0 Å². The lowest BCUT2D eigenvalue weighted by atomic mass is 10.1. The van der Waals surface area contributed by atoms with E-state index in [2.05, 4.69) is 10.3 Å². The molecule has 1 heterocycles. The van der Waals surface area contributed by atoms with E-state index in [4.69, 9.17) is 25.8 Å². The fourth-order valence-electron chi connectivity index (χ4n) is 2.53. The molecule has 0 atom stereocenters. The molecule has 1 amide bonds. The van der Waals surface area contributed by atoms with E-state index < -0.39 is 18.5 Å². The average Bonchev–Trinajstić information content (AvgIpc) is 2.71. The van der Waals surface area contributed by atoms with Crippen molar-refractivity contribution in [2.75, 3.05) is 26.1 Å². The zero-order valence-electron chi connectivity index (χ0n) is 15.2. The molecule has 0 radical (unpaired) electrons. The zero-order valence-corrected chi connectivity index (χ0v) is 15.9. The van der Waals surface area contributed by atoms with Crippen LogP contribution in [0.3, 0.4) is 0 Å². The first-order valence-electron chi connectivity index (χ1n) is 8.25. The maximum Gasteiger partial charge on any atom is 0.338 e. The number of halogens is 1. The van der Waals surface area contributed by atoms with E-state index in [1.54, 1.807) is 48.5 Å². The van der Waals surface area contributed by atoms with Gasteiger partial charge in [-0.25, -0.2) is 9.78 Å². The van der Waals surface area contributed by atoms with E-state index in [0.29, 0.717) is 33.4 Å². The number of hydrogen-bond donors (Lipinski definition) is 1. The number of ether oxygens (including phenoxy) is 3. The molecule has 0 saturated heterocycles. The highest BCUT2D eigenvalue weighted by Gasteiger charge is 2.13. The number of anilines is 1. The Morgan fingerprint density at radius 2 is 1.86 bits per heavy atom. The van der Waals surface area contributed by atoms with Gasteiger partial charge in [0.25, 0.3) is 5.91 Å². The van der Waals surface area contributed by atoms with Crippen LogP contribution in [0.15, 0.2) is 48.5 Å². The third-order valence-electron chi connectivity index (χ3n) is 3.91. The molecule has 3 rings (SSSR count). The van der Waals surface area contributed by atoms with E-state index >= 15 is 0 Å². The van der Waals surface area contributed by atoms with Gasteiger partial charge < -0.3 is 19.5 Å². The lowest BCUT2D eigenvalue weighted by Crippen LogP contribution is -2.21. The molecule has 0 bridgehead atoms. The number of amides is 1. The van der Waals surface area contributed by atoms with Crippen LogP contribution in [-0.4, -0.2) is 37.7 Å². The fraction of sp³-hybridized carbons (Fsp3) is 0.150. The Balaban J connectivity index is 1.63. The van der Waals surface area contributed by atoms with Crippen molar-refractivity contribution in [3.8, 4) is 11.5 Å². The molecule has 0 saturated carbocycles. The molecular formula is C20H17ClN2O5. The first-order valence-corrected chi connectivity index (χ1v) is 8.63. The monoisotopic (exact) mass is 400 g/mol. The molecule has 0 aliphatic heterocycles. The Hall–Kier alpha value is -3.32. The molecule has 1 N–H and O–H groups in total. The molecule has 28 heavy (non-hydrogen) atoms. The number of rotatable bonds is 6. The molecule has 0 aliphatic rings. The fourth-order valence-corrected chi connectivity index (χ4v) is 2.68. The number of aromatic nitrogens is 1. The largest absolute Gasteiger partial charge is 0.497 e. The maximum atomic E-state index is 12.2. The number of pyridine rings is 1. The van der Waals surface area contributed by atoms with Crippen LogP contribution in [0.4, 0.5) is 5.69 Å². The standard InChI is InChI=1S/C20H17ClN2O5/c1-26-14-5-7-16(17(10-14)27-2)23-19(24)11-28-20(25)13-3-6-15-12(9-13)4-8-18(21)22-15/h3-10H,11H2,1-2H3,(H,23,24). The van der Waals surface area contributed by atoms with E-state index in [9.17, 15) is 9.59 Å². The minimum atomic E-state index is -0.617. The third kappa shape index (κ3) is 4.50. The van der Waals surface area contributed by atoms with Gasteiger partial charge in [-0.1, -0.05) is 11.6 Å². The second kappa shape index (κ2) is 8.58. The van der Waals surface area contributed by atoms with Crippen LogP contribution in [-0.2, 0) is 9.53 Å². The summed E-state index contributed by atoms with van der Waals surface area (Å²) in [4.78, 5) is 28.5. The van der Waals surface area contributed by atoms with E-state index in [-0.39, 0.29) is 0 Å². The number of nitrogens with zero attached hydrogens (tertiary/aromatic N) is 1. The van der Waals surface area contributed by atoms with Crippen LogP contribution in [0.1, 0.15) is 10.4 Å². The summed E-state index contributed by atoms with van der Waals surface area (Å²) in [6.45, 7) is -0.440. The minimum absolute atomic E-state index is 0.312. The summed E-state index contributed by atoms with van der Waals surface area (Å²) in [6.07, 6.45) is 0. The van der Waals surface area contributed by atoms with Crippen LogP contribution < -0.4 is 14.8 Å². The van der Waals surface area contributed by atoms with Crippen molar-refractivity contribution in [2.24, 2.45) is 0 Å². The Bertz CT molecular complexity index is 1040. The van der Waals surface area contributed by atoms with Gasteiger partial charge in [0.2, 0.25) is 0 Å². The van der Waals surface area contributed by atoms with E-state index in [1.165, 1.54) is 14.2 Å². The van der Waals surface area contributed by atoms with Gasteiger partial charge in [0.05, 0.1) is 31.0 Å². The molecule has 2 aromatic carbocycles. The summed E-state index contributed by atoms with van der Waals surface area (Å²) in [6, 6.07) is 13.2. The molecule has 1 aromatic heterocycles. The second-order valence-electron chi connectivity index (χ2n) is 5.73. The minimum Gasteiger partial charge on any atom is -0.497 e. The highest BCUT2D eigenvalue weighted by atomic mass is 35.5. The highest BCUT2D eigenvalue weighted by molar-refractivity contribution is 6.29. The molecule has 0 fully saturated rings. The first kappa shape index (κ1) is 19.4. The van der Waals surface area contributed by atoms with Crippen molar-refractivity contribution in [1.82, 2.24) is 4.98 Å². The summed E-state index contributed by atoms with van der Waals surface area (Å²) < 4.78 is 15.4. The van der Waals surface area contributed by atoms with Crippen LogP contribution >= 0.6 is 11.6 Å². The number of benzene rings is 2. The number of methoxy groups -OCH3 is 2. The number of hydrogen-bond acceptors (Lipinski definition) is 6. The first-order chi connectivity index (χ1) is 13.5. The molecule has 0 spiro atoms. The third-order valence-corrected chi connectivity index (χ3v) is 4.12. The molecule has 0 unspecified atom stereocenters. The summed E-state index contributed by atoms with van der Waals surface area (Å²) in [5.74, 6) is -0.0900. The number of nitrogens with one attached hydrogen (secondary N) is 1. The van der Waals surface area contributed by atoms with Crippen molar-refractivity contribution in [3.63, 3.8) is 0 Å². The second-order valence-corrected chi connectivity index (χ2v) is 6.12. The zero-order chi connectivity index (χ0) is 20.1. The molecule has 7 nitrogen and oxygen atoms in total. The predicted molar refractivity (Wildman–Crippen MR) is 105 cm³/mol. The van der Waals surface area contributed by atoms with Crippen LogP contribution in [0.2, 0.25) is 5.15 Å². The van der Waals surface area contributed by atoms with Gasteiger partial charge in [0, 0.05) is 11.5 Å². The van der Waals surface area contributed by atoms with Gasteiger partial charge in [0.15, 0.2) is 6.61 Å². The van der Waals surface area contributed by atoms with Gasteiger partial charge in [-0.05, 0) is 42.5 Å². The van der Waals surface area contributed by atoms with Crippen molar-refractivity contribution in [1.29, 1.82) is 0 Å². The quantitative estimate of drug-likeness (QED) is 0.501. The van der Waals surface area contributed by atoms with Crippen LogP contribution in [0, 0.1) is 0 Å². The number of fused-ring (bicyclic) bond motifs is 1. The SMILES string of the molecule is COc1ccc(NC(=O)COC(=O)c2ccc3nc(Cl)ccc3c2)c(OC)c1. The Morgan fingerprint density at radius 1 is 1.04 bits per heavy atom. The molecule has 0 aliphatic carbocycles. The smallest absolute Gasteiger partial charge is 0.338 e. The predicted octanol–water partition coefficient (Wildman–Crippen LogP) is 3.70. The van der Waals surface area contributed by atoms with E-state index in [1.807, 2.05) is 0 Å². The van der Waals surface area contributed by atoms with Crippen molar-refractivity contribution in [3.05, 3.63) is 59.2 Å². The van der Waals surface area contributed by atoms with Gasteiger partial charge >= 0.3 is 5.97 Å². The lowest BCUT2D eigenvalue weighted by Gasteiger charge is -2.12. The van der Waals surface area contributed by atoms with Gasteiger partial charge in [-0.2, -0.15) is 0 Å². The Morgan fingerprint density at radius 3 is 2.61 bits per heavy atom. The molecular weight excluding hydrogens is 384 g/mol. The summed E-state index contributed by atoms with van der Waals surface area (Å²) in [5.41, 5.74) is 1.41. The van der Waals surface area contributed by atoms with Gasteiger partial charge in [0.1, 0.15) is 16.7 Å². The summed E-state index contributed by atoms with van der Waals surface area (Å²) in [5, 5.41) is 3.74. The topological polar surface area (TPSA) is 86.8 Å². The van der Waals surface area contributed by atoms with Gasteiger partial charge in [-0.15, -0.1) is 0 Å². The maximum absolute atomic E-state index is 12.2. The normalized spacial score (nSPS) is 10.4. The molecule has 8 heteroatoms. The Kier molecular flexibility index (Phi) is 5.96. The average molecular weight is 401 g/mol. The van der Waals surface area contributed by atoms with Crippen LogP contribution in [0.25, 0.3) is 10.9 Å². The van der Waals surface area contributed by atoms with Crippen molar-refractivity contribution < 1.29 is 23.8 Å². The number of carbonyl (C=O) groups is 2. The van der Waals surface area contributed by atoms with Crippen molar-refractivity contribution >= 4 is 40.1 Å². The van der Waals surface area contributed by atoms with E-state index in [0.717, 1.165) is 5.39 Å². The summed E-state index contributed by atoms with van der Waals surface area (Å²) in [7, 11) is 3.01. The van der Waals surface area contributed by atoms with Crippen LogP contribution in [0.5, 0.6) is 11.5 Å². The molecule has 144 valence electrons.